The quantitative estimate of drug-likeness (QED) is 0.878. The van der Waals surface area contributed by atoms with Gasteiger partial charge < -0.3 is 10.5 Å². The Balaban J connectivity index is 1.62. The smallest absolute Gasteiger partial charge is 0.119 e. The lowest BCUT2D eigenvalue weighted by atomic mass is 9.86. The maximum Gasteiger partial charge on any atom is 0.119 e. The molecule has 3 heterocycles. The molecule has 4 rings (SSSR count). The number of fused-ring (bicyclic) bond motifs is 3. The van der Waals surface area contributed by atoms with Gasteiger partial charge in [-0.2, -0.15) is 0 Å². The maximum atomic E-state index is 6.15. The van der Waals surface area contributed by atoms with Gasteiger partial charge in [-0.3, -0.25) is 4.90 Å². The van der Waals surface area contributed by atoms with Crippen LogP contribution < -0.4 is 10.5 Å². The summed E-state index contributed by atoms with van der Waals surface area (Å²) in [4.78, 5) is 2.52. The summed E-state index contributed by atoms with van der Waals surface area (Å²) in [5.41, 5.74) is 6.84. The van der Waals surface area contributed by atoms with Crippen molar-refractivity contribution in [2.24, 2.45) is 11.7 Å². The minimum atomic E-state index is 0.396. The van der Waals surface area contributed by atoms with E-state index in [-0.39, 0.29) is 0 Å². The third kappa shape index (κ3) is 2.52. The molecule has 0 radical (unpaired) electrons. The lowest BCUT2D eigenvalue weighted by Gasteiger charge is -2.44. The van der Waals surface area contributed by atoms with Crippen LogP contribution in [0, 0.1) is 5.92 Å². The van der Waals surface area contributed by atoms with Crippen LogP contribution in [0.25, 0.3) is 0 Å². The molecule has 3 saturated heterocycles. The molecule has 0 amide bonds. The second-order valence-electron chi connectivity index (χ2n) is 5.48. The molecule has 18 heavy (non-hydrogen) atoms. The molecule has 2 bridgehead atoms. The molecule has 3 aliphatic rings. The molecular formula is C15H22N2O. The van der Waals surface area contributed by atoms with E-state index >= 15 is 0 Å². The Labute approximate surface area is 109 Å². The van der Waals surface area contributed by atoms with Crippen LogP contribution in [0.1, 0.15) is 18.4 Å². The average Bonchev–Trinajstić information content (AvgIpc) is 2.43. The number of piperidine rings is 3. The largest absolute Gasteiger partial charge is 0.489 e. The minimum absolute atomic E-state index is 0.396. The monoisotopic (exact) mass is 246 g/mol. The Kier molecular flexibility index (Phi) is 3.52. The predicted octanol–water partition coefficient (Wildman–Crippen LogP) is 1.66. The fraction of sp³-hybridized carbons (Fsp3) is 0.600. The first-order valence-corrected chi connectivity index (χ1v) is 7.03. The summed E-state index contributed by atoms with van der Waals surface area (Å²) in [6.45, 7) is 4.34. The number of ether oxygens (including phenoxy) is 1. The van der Waals surface area contributed by atoms with Gasteiger partial charge >= 0.3 is 0 Å². The Morgan fingerprint density at radius 3 is 2.44 bits per heavy atom. The zero-order chi connectivity index (χ0) is 12.4. The van der Waals surface area contributed by atoms with E-state index in [1.165, 1.54) is 31.5 Å². The van der Waals surface area contributed by atoms with Gasteiger partial charge in [-0.25, -0.2) is 0 Å². The highest BCUT2D eigenvalue weighted by atomic mass is 16.5. The molecule has 0 aliphatic carbocycles. The fourth-order valence-corrected chi connectivity index (χ4v) is 3.12. The second-order valence-corrected chi connectivity index (χ2v) is 5.48. The van der Waals surface area contributed by atoms with Gasteiger partial charge in [0, 0.05) is 6.54 Å². The average molecular weight is 246 g/mol. The molecule has 1 aromatic carbocycles. The third-order valence-corrected chi connectivity index (χ3v) is 4.24. The van der Waals surface area contributed by atoms with Crippen LogP contribution in [0.3, 0.4) is 0 Å². The second kappa shape index (κ2) is 5.29. The van der Waals surface area contributed by atoms with Crippen molar-refractivity contribution < 1.29 is 4.74 Å². The highest BCUT2D eigenvalue weighted by molar-refractivity contribution is 5.27. The summed E-state index contributed by atoms with van der Waals surface area (Å²) >= 11 is 0. The molecule has 98 valence electrons. The van der Waals surface area contributed by atoms with Crippen molar-refractivity contribution in [1.29, 1.82) is 0 Å². The molecule has 3 nitrogen and oxygen atoms in total. The van der Waals surface area contributed by atoms with Gasteiger partial charge in [0.1, 0.15) is 11.9 Å². The van der Waals surface area contributed by atoms with Crippen LogP contribution in [-0.4, -0.2) is 37.2 Å². The molecule has 0 aromatic heterocycles. The van der Waals surface area contributed by atoms with Crippen LogP contribution in [0.2, 0.25) is 0 Å². The number of nitrogens with zero attached hydrogens (tertiary/aromatic N) is 1. The maximum absolute atomic E-state index is 6.15. The van der Waals surface area contributed by atoms with E-state index in [1.807, 2.05) is 0 Å². The number of benzene rings is 1. The first-order valence-electron chi connectivity index (χ1n) is 7.03. The zero-order valence-corrected chi connectivity index (χ0v) is 10.8. The SMILES string of the molecule is NCCc1ccc(OC2CN3CCC2CC3)cc1. The van der Waals surface area contributed by atoms with E-state index in [4.69, 9.17) is 10.5 Å². The van der Waals surface area contributed by atoms with Crippen molar-refractivity contribution in [3.63, 3.8) is 0 Å². The van der Waals surface area contributed by atoms with Gasteiger partial charge in [0.2, 0.25) is 0 Å². The molecule has 2 N–H and O–H groups in total. The normalized spacial score (nSPS) is 30.4. The Morgan fingerprint density at radius 1 is 1.17 bits per heavy atom. The summed E-state index contributed by atoms with van der Waals surface area (Å²) in [6, 6.07) is 8.43. The van der Waals surface area contributed by atoms with Gasteiger partial charge in [-0.05, 0) is 62.5 Å². The van der Waals surface area contributed by atoms with Crippen molar-refractivity contribution in [2.45, 2.75) is 25.4 Å². The number of hydrogen-bond donors (Lipinski definition) is 1. The summed E-state index contributed by atoms with van der Waals surface area (Å²) < 4.78 is 6.15. The molecular weight excluding hydrogens is 224 g/mol. The molecule has 3 aliphatic heterocycles. The molecule has 0 saturated carbocycles. The van der Waals surface area contributed by atoms with Crippen molar-refractivity contribution >= 4 is 0 Å². The molecule has 1 aromatic rings. The van der Waals surface area contributed by atoms with Gasteiger partial charge in [0.05, 0.1) is 0 Å². The van der Waals surface area contributed by atoms with Gasteiger partial charge in [0.25, 0.3) is 0 Å². The molecule has 1 atom stereocenters. The topological polar surface area (TPSA) is 38.5 Å². The van der Waals surface area contributed by atoms with Crippen molar-refractivity contribution in [3.8, 4) is 5.75 Å². The first kappa shape index (κ1) is 12.0. The highest BCUT2D eigenvalue weighted by Crippen LogP contribution is 2.30. The van der Waals surface area contributed by atoms with E-state index in [9.17, 15) is 0 Å². The van der Waals surface area contributed by atoms with Gasteiger partial charge in [-0.1, -0.05) is 12.1 Å². The van der Waals surface area contributed by atoms with Crippen LogP contribution >= 0.6 is 0 Å². The van der Waals surface area contributed by atoms with E-state index in [2.05, 4.69) is 29.2 Å². The zero-order valence-electron chi connectivity index (χ0n) is 10.8. The fourth-order valence-electron chi connectivity index (χ4n) is 3.12. The molecule has 3 heteroatoms. The van der Waals surface area contributed by atoms with Gasteiger partial charge in [0.15, 0.2) is 0 Å². The van der Waals surface area contributed by atoms with Crippen molar-refractivity contribution in [1.82, 2.24) is 4.90 Å². The van der Waals surface area contributed by atoms with E-state index < -0.39 is 0 Å². The third-order valence-electron chi connectivity index (χ3n) is 4.24. The summed E-state index contributed by atoms with van der Waals surface area (Å²) in [7, 11) is 0. The molecule has 3 fully saturated rings. The van der Waals surface area contributed by atoms with Gasteiger partial charge in [-0.15, -0.1) is 0 Å². The predicted molar refractivity (Wildman–Crippen MR) is 72.8 cm³/mol. The number of hydrogen-bond acceptors (Lipinski definition) is 3. The first-order chi connectivity index (χ1) is 8.85. The minimum Gasteiger partial charge on any atom is -0.489 e. The Hall–Kier alpha value is -1.06. The van der Waals surface area contributed by atoms with E-state index in [0.717, 1.165) is 24.6 Å². The lowest BCUT2D eigenvalue weighted by Crippen LogP contribution is -2.52. The number of nitrogens with two attached hydrogens (primary N) is 1. The summed E-state index contributed by atoms with van der Waals surface area (Å²) in [5, 5.41) is 0. The van der Waals surface area contributed by atoms with Crippen LogP contribution in [0.4, 0.5) is 0 Å². The van der Waals surface area contributed by atoms with Crippen molar-refractivity contribution in [3.05, 3.63) is 29.8 Å². The Bertz CT molecular complexity index is 382. The summed E-state index contributed by atoms with van der Waals surface area (Å²) in [5.74, 6) is 1.77. The lowest BCUT2D eigenvalue weighted by molar-refractivity contribution is -0.00776. The highest BCUT2D eigenvalue weighted by Gasteiger charge is 2.35. The Morgan fingerprint density at radius 2 is 1.89 bits per heavy atom. The van der Waals surface area contributed by atoms with E-state index in [1.54, 1.807) is 0 Å². The van der Waals surface area contributed by atoms with Crippen molar-refractivity contribution in [2.75, 3.05) is 26.2 Å². The summed E-state index contributed by atoms with van der Waals surface area (Å²) in [6.07, 6.45) is 3.94. The van der Waals surface area contributed by atoms with Crippen LogP contribution in [0.5, 0.6) is 5.75 Å². The van der Waals surface area contributed by atoms with Crippen LogP contribution in [0.15, 0.2) is 24.3 Å². The standard InChI is InChI=1S/C15H22N2O/c16-8-5-12-1-3-14(4-2-12)18-15-11-17-9-6-13(15)7-10-17/h1-4,13,15H,5-11,16H2. The van der Waals surface area contributed by atoms with Crippen LogP contribution in [-0.2, 0) is 6.42 Å². The number of rotatable bonds is 4. The van der Waals surface area contributed by atoms with E-state index in [0.29, 0.717) is 12.6 Å². The molecule has 1 unspecified atom stereocenters. The molecule has 0 spiro atoms.